The number of nitrogens with one attached hydrogen (secondary N) is 1. The number of aromatic nitrogens is 2. The number of amides is 1. The predicted molar refractivity (Wildman–Crippen MR) is 81.0 cm³/mol. The summed E-state index contributed by atoms with van der Waals surface area (Å²) in [6.07, 6.45) is 1.67. The Labute approximate surface area is 127 Å². The Kier molecular flexibility index (Phi) is 4.08. The third-order valence-electron chi connectivity index (χ3n) is 3.04. The van der Waals surface area contributed by atoms with Crippen LogP contribution in [0.5, 0.6) is 0 Å². The van der Waals surface area contributed by atoms with Gasteiger partial charge in [0.25, 0.3) is 0 Å². The molecular weight excluding hydrogens is 357 g/mol. The second kappa shape index (κ2) is 5.30. The number of hydrogen-bond donors (Lipinski definition) is 1. The van der Waals surface area contributed by atoms with Gasteiger partial charge in [-0.3, -0.25) is 4.90 Å². The van der Waals surface area contributed by atoms with Gasteiger partial charge in [0.15, 0.2) is 0 Å². The van der Waals surface area contributed by atoms with Crippen molar-refractivity contribution in [1.29, 1.82) is 0 Å². The van der Waals surface area contributed by atoms with Crippen molar-refractivity contribution < 1.29 is 9.53 Å². The van der Waals surface area contributed by atoms with Crippen LogP contribution < -0.4 is 0 Å². The van der Waals surface area contributed by atoms with Gasteiger partial charge in [0.1, 0.15) is 15.1 Å². The van der Waals surface area contributed by atoms with Crippen molar-refractivity contribution in [3.8, 4) is 0 Å². The Balaban J connectivity index is 2.15. The van der Waals surface area contributed by atoms with Crippen molar-refractivity contribution in [2.45, 2.75) is 52.2 Å². The van der Waals surface area contributed by atoms with Gasteiger partial charge in [-0.05, 0) is 63.1 Å². The number of hydrogen-bond acceptors (Lipinski definition) is 3. The SMILES string of the molecule is Cc1[nH]c(C2CCCN2C(=O)OC(C)(C)C)nc1I. The van der Waals surface area contributed by atoms with Crippen molar-refractivity contribution in [3.05, 3.63) is 15.2 Å². The van der Waals surface area contributed by atoms with Crippen molar-refractivity contribution >= 4 is 28.7 Å². The minimum atomic E-state index is -0.461. The van der Waals surface area contributed by atoms with Crippen LogP contribution in [0, 0.1) is 10.6 Å². The lowest BCUT2D eigenvalue weighted by Crippen LogP contribution is -2.36. The zero-order valence-corrected chi connectivity index (χ0v) is 13.9. The molecule has 0 aliphatic carbocycles. The molecule has 0 spiro atoms. The molecule has 1 aromatic rings. The third kappa shape index (κ3) is 3.40. The van der Waals surface area contributed by atoms with Crippen LogP contribution in [0.4, 0.5) is 4.79 Å². The van der Waals surface area contributed by atoms with E-state index in [2.05, 4.69) is 32.6 Å². The monoisotopic (exact) mass is 377 g/mol. The maximum atomic E-state index is 12.2. The van der Waals surface area contributed by atoms with E-state index in [1.165, 1.54) is 0 Å². The molecule has 106 valence electrons. The molecule has 2 rings (SSSR count). The van der Waals surface area contributed by atoms with E-state index in [0.717, 1.165) is 34.6 Å². The van der Waals surface area contributed by atoms with E-state index in [4.69, 9.17) is 4.74 Å². The topological polar surface area (TPSA) is 58.2 Å². The Morgan fingerprint density at radius 2 is 2.21 bits per heavy atom. The molecule has 5 nitrogen and oxygen atoms in total. The smallest absolute Gasteiger partial charge is 0.410 e. The molecule has 1 aliphatic rings. The van der Waals surface area contributed by atoms with Crippen molar-refractivity contribution in [3.63, 3.8) is 0 Å². The molecule has 0 bridgehead atoms. The molecule has 1 saturated heterocycles. The highest BCUT2D eigenvalue weighted by Gasteiger charge is 2.34. The predicted octanol–water partition coefficient (Wildman–Crippen LogP) is 3.39. The fraction of sp³-hybridized carbons (Fsp3) is 0.692. The lowest BCUT2D eigenvalue weighted by atomic mass is 10.2. The van der Waals surface area contributed by atoms with E-state index < -0.39 is 5.60 Å². The van der Waals surface area contributed by atoms with E-state index in [-0.39, 0.29) is 12.1 Å². The van der Waals surface area contributed by atoms with Gasteiger partial charge in [0.05, 0.1) is 6.04 Å². The largest absolute Gasteiger partial charge is 0.444 e. The van der Waals surface area contributed by atoms with E-state index in [1.807, 2.05) is 27.7 Å². The number of rotatable bonds is 1. The summed E-state index contributed by atoms with van der Waals surface area (Å²) in [7, 11) is 0. The van der Waals surface area contributed by atoms with Crippen LogP contribution in [0.1, 0.15) is 51.2 Å². The number of aromatic amines is 1. The van der Waals surface area contributed by atoms with Gasteiger partial charge >= 0.3 is 6.09 Å². The van der Waals surface area contributed by atoms with Gasteiger partial charge in [-0.2, -0.15) is 0 Å². The highest BCUT2D eigenvalue weighted by molar-refractivity contribution is 14.1. The van der Waals surface area contributed by atoms with Crippen molar-refractivity contribution in [1.82, 2.24) is 14.9 Å². The summed E-state index contributed by atoms with van der Waals surface area (Å²) in [5, 5.41) is 0. The first-order valence-corrected chi connectivity index (χ1v) is 7.57. The first kappa shape index (κ1) is 14.6. The molecule has 0 radical (unpaired) electrons. The van der Waals surface area contributed by atoms with Gasteiger partial charge in [0, 0.05) is 12.2 Å². The van der Waals surface area contributed by atoms with Crippen molar-refractivity contribution in [2.75, 3.05) is 6.54 Å². The molecule has 1 aromatic heterocycles. The van der Waals surface area contributed by atoms with Gasteiger partial charge < -0.3 is 9.72 Å². The summed E-state index contributed by atoms with van der Waals surface area (Å²) in [5.41, 5.74) is 0.587. The standard InChI is InChI=1S/C13H20IN3O2/c1-8-10(14)16-11(15-8)9-6-5-7-17(9)12(18)19-13(2,3)4/h9H,5-7H2,1-4H3,(H,15,16). The zero-order valence-electron chi connectivity index (χ0n) is 11.8. The molecule has 1 amide bonds. The fourth-order valence-electron chi connectivity index (χ4n) is 2.21. The number of aryl methyl sites for hydroxylation is 1. The summed E-state index contributed by atoms with van der Waals surface area (Å²) >= 11 is 2.20. The molecule has 0 saturated carbocycles. The number of nitrogens with zero attached hydrogens (tertiary/aromatic N) is 2. The maximum absolute atomic E-state index is 12.2. The Morgan fingerprint density at radius 3 is 2.74 bits per heavy atom. The number of carbonyl (C=O) groups is 1. The highest BCUT2D eigenvalue weighted by Crippen LogP contribution is 2.32. The fourth-order valence-corrected chi connectivity index (χ4v) is 2.60. The number of H-pyrrole nitrogens is 1. The Bertz CT molecular complexity index is 459. The van der Waals surface area contributed by atoms with Crippen LogP contribution in [0.3, 0.4) is 0 Å². The Morgan fingerprint density at radius 1 is 1.53 bits per heavy atom. The van der Waals surface area contributed by atoms with Crippen LogP contribution in [0.15, 0.2) is 0 Å². The first-order valence-electron chi connectivity index (χ1n) is 6.49. The maximum Gasteiger partial charge on any atom is 0.410 e. The van der Waals surface area contributed by atoms with Crippen LogP contribution >= 0.6 is 22.6 Å². The summed E-state index contributed by atoms with van der Waals surface area (Å²) in [5.74, 6) is 0.866. The average molecular weight is 377 g/mol. The van der Waals surface area contributed by atoms with Crippen LogP contribution in [-0.2, 0) is 4.74 Å². The van der Waals surface area contributed by atoms with Gasteiger partial charge in [-0.1, -0.05) is 0 Å². The van der Waals surface area contributed by atoms with E-state index in [1.54, 1.807) is 4.90 Å². The normalized spacial score (nSPS) is 19.8. The van der Waals surface area contributed by atoms with E-state index in [0.29, 0.717) is 0 Å². The molecule has 1 aliphatic heterocycles. The quantitative estimate of drug-likeness (QED) is 0.764. The number of likely N-dealkylation sites (tertiary alicyclic amines) is 1. The zero-order chi connectivity index (χ0) is 14.2. The first-order chi connectivity index (χ1) is 8.78. The molecule has 0 aromatic carbocycles. The molecule has 1 unspecified atom stereocenters. The van der Waals surface area contributed by atoms with Gasteiger partial charge in [0.2, 0.25) is 0 Å². The summed E-state index contributed by atoms with van der Waals surface area (Å²) in [6, 6.07) is 0.0112. The highest BCUT2D eigenvalue weighted by atomic mass is 127. The number of ether oxygens (including phenoxy) is 1. The number of imidazole rings is 1. The summed E-state index contributed by atoms with van der Waals surface area (Å²) in [4.78, 5) is 21.7. The number of halogens is 1. The molecule has 6 heteroatoms. The van der Waals surface area contributed by atoms with Crippen LogP contribution in [0.2, 0.25) is 0 Å². The van der Waals surface area contributed by atoms with Crippen molar-refractivity contribution in [2.24, 2.45) is 0 Å². The van der Waals surface area contributed by atoms with E-state index >= 15 is 0 Å². The molecule has 1 N–H and O–H groups in total. The van der Waals surface area contributed by atoms with Gasteiger partial charge in [-0.15, -0.1) is 0 Å². The molecule has 19 heavy (non-hydrogen) atoms. The lowest BCUT2D eigenvalue weighted by molar-refractivity contribution is 0.0218. The third-order valence-corrected chi connectivity index (χ3v) is 4.09. The average Bonchev–Trinajstić information content (AvgIpc) is 2.83. The molecular formula is C13H20IN3O2. The summed E-state index contributed by atoms with van der Waals surface area (Å²) < 4.78 is 6.42. The molecule has 1 fully saturated rings. The number of carbonyl (C=O) groups excluding carboxylic acids is 1. The van der Waals surface area contributed by atoms with Crippen LogP contribution in [0.25, 0.3) is 0 Å². The minimum Gasteiger partial charge on any atom is -0.444 e. The Hall–Kier alpha value is -0.790. The minimum absolute atomic E-state index is 0.0112. The summed E-state index contributed by atoms with van der Waals surface area (Å²) in [6.45, 7) is 8.38. The lowest BCUT2D eigenvalue weighted by Gasteiger charge is -2.27. The molecule has 2 heterocycles. The van der Waals surface area contributed by atoms with Crippen LogP contribution in [-0.4, -0.2) is 33.1 Å². The second-order valence-corrected chi connectivity index (χ2v) is 6.89. The van der Waals surface area contributed by atoms with E-state index in [9.17, 15) is 4.79 Å². The van der Waals surface area contributed by atoms with Gasteiger partial charge in [-0.25, -0.2) is 9.78 Å². The second-order valence-electron chi connectivity index (χ2n) is 5.87. The molecule has 1 atom stereocenters.